The zero-order chi connectivity index (χ0) is 12.4. The fourth-order valence-corrected chi connectivity index (χ4v) is 1.50. The van der Waals surface area contributed by atoms with Gasteiger partial charge in [-0.05, 0) is 13.0 Å². The van der Waals surface area contributed by atoms with Crippen molar-refractivity contribution in [2.45, 2.75) is 6.92 Å². The van der Waals surface area contributed by atoms with Crippen molar-refractivity contribution in [3.8, 4) is 0 Å². The lowest BCUT2D eigenvalue weighted by Crippen LogP contribution is -2.15. The first-order valence-electron chi connectivity index (χ1n) is 5.06. The minimum absolute atomic E-state index is 0.305. The van der Waals surface area contributed by atoms with Gasteiger partial charge in [0.15, 0.2) is 0 Å². The third-order valence-corrected chi connectivity index (χ3v) is 2.30. The van der Waals surface area contributed by atoms with E-state index in [0.717, 1.165) is 5.69 Å². The summed E-state index contributed by atoms with van der Waals surface area (Å²) in [5.74, 6) is -0.327. The lowest BCUT2D eigenvalue weighted by atomic mass is 10.2. The van der Waals surface area contributed by atoms with Gasteiger partial charge in [-0.2, -0.15) is 5.10 Å². The summed E-state index contributed by atoms with van der Waals surface area (Å²) >= 11 is 0. The normalized spacial score (nSPS) is 10.2. The molecular weight excluding hydrogens is 220 g/mol. The minimum atomic E-state index is -0.327. The van der Waals surface area contributed by atoms with Crippen molar-refractivity contribution in [2.24, 2.45) is 7.05 Å². The molecule has 0 aliphatic carbocycles. The molecule has 0 aliphatic heterocycles. The zero-order valence-electron chi connectivity index (χ0n) is 9.52. The Labute approximate surface area is 97.3 Å². The smallest absolute Gasteiger partial charge is 0.256 e. The minimum Gasteiger partial charge on any atom is -0.329 e. The van der Waals surface area contributed by atoms with Crippen LogP contribution in [0, 0.1) is 6.92 Å². The largest absolute Gasteiger partial charge is 0.329 e. The van der Waals surface area contributed by atoms with Crippen LogP contribution in [0.25, 0.3) is 0 Å². The molecule has 6 nitrogen and oxygen atoms in total. The average molecular weight is 232 g/mol. The Morgan fingerprint density at radius 2 is 2.29 bits per heavy atom. The Bertz CT molecular complexity index is 612. The Balaban J connectivity index is 2.23. The molecule has 88 valence electrons. The van der Waals surface area contributed by atoms with Gasteiger partial charge in [-0.25, -0.2) is 0 Å². The van der Waals surface area contributed by atoms with Gasteiger partial charge in [0.2, 0.25) is 5.56 Å². The van der Waals surface area contributed by atoms with Crippen molar-refractivity contribution in [2.75, 3.05) is 5.32 Å². The number of carbonyl (C=O) groups is 1. The third kappa shape index (κ3) is 2.41. The maximum atomic E-state index is 11.8. The van der Waals surface area contributed by atoms with E-state index in [-0.39, 0.29) is 11.5 Å². The highest BCUT2D eigenvalue weighted by Gasteiger charge is 2.09. The number of carbonyl (C=O) groups excluding carboxylic acids is 1. The summed E-state index contributed by atoms with van der Waals surface area (Å²) in [6.45, 7) is 1.80. The number of aryl methyl sites for hydroxylation is 2. The molecule has 0 unspecified atom stereocenters. The number of nitrogens with one attached hydrogen (secondary N) is 2. The van der Waals surface area contributed by atoms with Gasteiger partial charge in [0.05, 0.1) is 11.4 Å². The van der Waals surface area contributed by atoms with Gasteiger partial charge in [-0.1, -0.05) is 0 Å². The van der Waals surface area contributed by atoms with Crippen LogP contribution >= 0.6 is 0 Å². The number of hydrogen-bond donors (Lipinski definition) is 2. The van der Waals surface area contributed by atoms with Crippen LogP contribution in [0.3, 0.4) is 0 Å². The molecule has 6 heteroatoms. The fraction of sp³-hybridized carbons (Fsp3) is 0.182. The van der Waals surface area contributed by atoms with Gasteiger partial charge < -0.3 is 10.3 Å². The Morgan fingerprint density at radius 1 is 1.53 bits per heavy atom. The molecule has 2 aromatic rings. The average Bonchev–Trinajstić information content (AvgIpc) is 2.57. The quantitative estimate of drug-likeness (QED) is 0.798. The number of nitrogens with zero attached hydrogens (tertiary/aromatic N) is 2. The molecule has 0 saturated heterocycles. The van der Waals surface area contributed by atoms with E-state index < -0.39 is 0 Å². The van der Waals surface area contributed by atoms with Crippen LogP contribution in [-0.4, -0.2) is 20.7 Å². The summed E-state index contributed by atoms with van der Waals surface area (Å²) in [7, 11) is 1.77. The van der Waals surface area contributed by atoms with Crippen LogP contribution in [0.4, 0.5) is 5.69 Å². The number of rotatable bonds is 2. The molecule has 1 amide bonds. The number of aromatic amines is 1. The van der Waals surface area contributed by atoms with E-state index in [1.807, 2.05) is 0 Å². The molecule has 2 heterocycles. The second-order valence-corrected chi connectivity index (χ2v) is 3.70. The van der Waals surface area contributed by atoms with E-state index in [4.69, 9.17) is 0 Å². The summed E-state index contributed by atoms with van der Waals surface area (Å²) in [5, 5.41) is 6.81. The highest BCUT2D eigenvalue weighted by atomic mass is 16.2. The maximum absolute atomic E-state index is 11.8. The van der Waals surface area contributed by atoms with E-state index in [1.54, 1.807) is 30.9 Å². The molecule has 0 bridgehead atoms. The highest BCUT2D eigenvalue weighted by Crippen LogP contribution is 2.12. The number of H-pyrrole nitrogens is 1. The molecule has 2 aromatic heterocycles. The van der Waals surface area contributed by atoms with Crippen LogP contribution in [0.5, 0.6) is 0 Å². The van der Waals surface area contributed by atoms with Crippen molar-refractivity contribution in [3.05, 3.63) is 46.1 Å². The third-order valence-electron chi connectivity index (χ3n) is 2.30. The lowest BCUT2D eigenvalue weighted by molar-refractivity contribution is 0.102. The van der Waals surface area contributed by atoms with E-state index in [2.05, 4.69) is 15.4 Å². The molecule has 0 spiro atoms. The first kappa shape index (κ1) is 11.1. The number of aromatic nitrogens is 3. The standard InChI is InChI=1S/C11H12N4O2/c1-7-9(6-15(2)14-7)13-11(17)8-3-4-12-10(16)5-8/h3-6H,1-2H3,(H,12,16)(H,13,17). The predicted molar refractivity (Wildman–Crippen MR) is 63.0 cm³/mol. The second-order valence-electron chi connectivity index (χ2n) is 3.70. The summed E-state index contributed by atoms with van der Waals surface area (Å²) in [6.07, 6.45) is 3.15. The second kappa shape index (κ2) is 4.25. The van der Waals surface area contributed by atoms with Gasteiger partial charge in [0.1, 0.15) is 0 Å². The summed E-state index contributed by atoms with van der Waals surface area (Å²) < 4.78 is 1.61. The van der Waals surface area contributed by atoms with Crippen molar-refractivity contribution >= 4 is 11.6 Å². The molecule has 0 atom stereocenters. The Hall–Kier alpha value is -2.37. The van der Waals surface area contributed by atoms with E-state index in [9.17, 15) is 9.59 Å². The van der Waals surface area contributed by atoms with E-state index >= 15 is 0 Å². The van der Waals surface area contributed by atoms with Crippen molar-refractivity contribution < 1.29 is 4.79 Å². The lowest BCUT2D eigenvalue weighted by Gasteiger charge is -2.02. The maximum Gasteiger partial charge on any atom is 0.256 e. The summed E-state index contributed by atoms with van der Waals surface area (Å²) in [5.41, 5.74) is 1.38. The topological polar surface area (TPSA) is 79.8 Å². The summed E-state index contributed by atoms with van der Waals surface area (Å²) in [6, 6.07) is 2.80. The fourth-order valence-electron chi connectivity index (χ4n) is 1.50. The van der Waals surface area contributed by atoms with Crippen LogP contribution in [0.1, 0.15) is 16.1 Å². The van der Waals surface area contributed by atoms with Crippen molar-refractivity contribution in [3.63, 3.8) is 0 Å². The number of pyridine rings is 1. The van der Waals surface area contributed by atoms with Gasteiger partial charge in [-0.15, -0.1) is 0 Å². The highest BCUT2D eigenvalue weighted by molar-refractivity contribution is 6.04. The zero-order valence-corrected chi connectivity index (χ0v) is 9.52. The van der Waals surface area contributed by atoms with Crippen LogP contribution in [0.15, 0.2) is 29.3 Å². The molecule has 2 rings (SSSR count). The molecule has 0 aliphatic rings. The first-order valence-corrected chi connectivity index (χ1v) is 5.06. The molecule has 17 heavy (non-hydrogen) atoms. The van der Waals surface area contributed by atoms with Crippen molar-refractivity contribution in [1.29, 1.82) is 0 Å². The number of hydrogen-bond acceptors (Lipinski definition) is 3. The van der Waals surface area contributed by atoms with Crippen molar-refractivity contribution in [1.82, 2.24) is 14.8 Å². The van der Waals surface area contributed by atoms with Crippen LogP contribution in [0.2, 0.25) is 0 Å². The number of amides is 1. The van der Waals surface area contributed by atoms with E-state index in [1.165, 1.54) is 12.3 Å². The molecule has 0 aromatic carbocycles. The molecule has 0 fully saturated rings. The molecule has 2 N–H and O–H groups in total. The molecular formula is C11H12N4O2. The SMILES string of the molecule is Cc1nn(C)cc1NC(=O)c1cc[nH]c(=O)c1. The van der Waals surface area contributed by atoms with Gasteiger partial charge in [0.25, 0.3) is 5.91 Å². The first-order chi connectivity index (χ1) is 8.06. The van der Waals surface area contributed by atoms with Gasteiger partial charge in [-0.3, -0.25) is 14.3 Å². The van der Waals surface area contributed by atoms with Crippen LogP contribution in [-0.2, 0) is 7.05 Å². The number of anilines is 1. The van der Waals surface area contributed by atoms with Crippen LogP contribution < -0.4 is 10.9 Å². The van der Waals surface area contributed by atoms with E-state index in [0.29, 0.717) is 11.3 Å². The molecule has 0 saturated carbocycles. The Kier molecular flexibility index (Phi) is 2.78. The van der Waals surface area contributed by atoms with Gasteiger partial charge >= 0.3 is 0 Å². The Morgan fingerprint density at radius 3 is 2.88 bits per heavy atom. The summed E-state index contributed by atoms with van der Waals surface area (Å²) in [4.78, 5) is 25.3. The predicted octanol–water partition coefficient (Wildman–Crippen LogP) is 0.669. The van der Waals surface area contributed by atoms with Gasteiger partial charge in [0, 0.05) is 31.1 Å². The molecule has 0 radical (unpaired) electrons. The monoisotopic (exact) mass is 232 g/mol.